The molecule has 2 heterocycles. The number of carbonyl (C=O) groups is 4. The molecular weight excluding hydrogens is 552 g/mol. The fraction of sp³-hybridized carbons (Fsp3) is 0. The summed E-state index contributed by atoms with van der Waals surface area (Å²) < 4.78 is 11.4. The Labute approximate surface area is 244 Å². The van der Waals surface area contributed by atoms with Gasteiger partial charge in [0.15, 0.2) is 17.9 Å². The zero-order valence-corrected chi connectivity index (χ0v) is 22.3. The third-order valence-corrected chi connectivity index (χ3v) is 6.43. The van der Waals surface area contributed by atoms with E-state index in [-0.39, 0.29) is 39.8 Å². The molecule has 0 saturated heterocycles. The molecule has 0 bridgehead atoms. The van der Waals surface area contributed by atoms with E-state index in [0.29, 0.717) is 46.0 Å². The minimum absolute atomic E-state index is 0.129. The number of aromatic carboxylic acids is 1. The molecule has 3 aromatic carbocycles. The van der Waals surface area contributed by atoms with E-state index in [0.717, 1.165) is 0 Å². The zero-order valence-electron chi connectivity index (χ0n) is 22.3. The molecule has 9 nitrogen and oxygen atoms in total. The number of furan rings is 2. The number of rotatable bonds is 10. The summed E-state index contributed by atoms with van der Waals surface area (Å²) in [5.74, 6) is -0.949. The van der Waals surface area contributed by atoms with E-state index >= 15 is 0 Å². The Kier molecular flexibility index (Phi) is 7.97. The van der Waals surface area contributed by atoms with E-state index < -0.39 is 5.97 Å². The smallest absolute Gasteiger partial charge is 0.339 e. The number of benzene rings is 3. The average molecular weight is 575 g/mol. The van der Waals surface area contributed by atoms with Gasteiger partial charge in [-0.2, -0.15) is 0 Å². The maximum atomic E-state index is 12.8. The lowest BCUT2D eigenvalue weighted by atomic mass is 10.0. The molecule has 9 heteroatoms. The number of ketones is 2. The Morgan fingerprint density at radius 3 is 1.70 bits per heavy atom. The van der Waals surface area contributed by atoms with Gasteiger partial charge in [0.25, 0.3) is 0 Å². The van der Waals surface area contributed by atoms with E-state index in [4.69, 9.17) is 8.83 Å². The molecule has 0 spiro atoms. The number of phenols is 2. The van der Waals surface area contributed by atoms with Gasteiger partial charge in [0, 0.05) is 22.3 Å². The summed E-state index contributed by atoms with van der Waals surface area (Å²) >= 11 is 0. The van der Waals surface area contributed by atoms with E-state index in [1.807, 2.05) is 0 Å². The topological polar surface area (TPSA) is 155 Å². The van der Waals surface area contributed by atoms with Crippen molar-refractivity contribution in [2.24, 2.45) is 0 Å². The lowest BCUT2D eigenvalue weighted by Crippen LogP contribution is -1.99. The zero-order chi connectivity index (χ0) is 30.5. The quantitative estimate of drug-likeness (QED) is 0.0915. The molecular formula is C34H22O9. The normalized spacial score (nSPS) is 11.3. The lowest BCUT2D eigenvalue weighted by molar-refractivity contribution is 0.0693. The molecule has 43 heavy (non-hydrogen) atoms. The van der Waals surface area contributed by atoms with Crippen molar-refractivity contribution in [3.8, 4) is 34.1 Å². The van der Waals surface area contributed by atoms with Crippen LogP contribution in [0.5, 0.6) is 11.5 Å². The second kappa shape index (κ2) is 12.1. The molecule has 0 unspecified atom stereocenters. The highest BCUT2D eigenvalue weighted by Crippen LogP contribution is 2.29. The monoisotopic (exact) mass is 574 g/mol. The first-order valence-corrected chi connectivity index (χ1v) is 12.8. The predicted molar refractivity (Wildman–Crippen MR) is 157 cm³/mol. The SMILES string of the molecule is O=Cc1cc(-c2ccc(/C=C/C(=O)c3cccc(C(=O)/C=C/c4ccc(-c5ccc(O)c(C(=O)O)c5)o4)c3)o2)ccc1O. The Morgan fingerprint density at radius 1 is 0.628 bits per heavy atom. The number of aromatic hydroxyl groups is 2. The number of aldehydes is 1. The summed E-state index contributed by atoms with van der Waals surface area (Å²) in [5.41, 5.74) is 1.47. The van der Waals surface area contributed by atoms with Crippen LogP contribution >= 0.6 is 0 Å². The van der Waals surface area contributed by atoms with Gasteiger partial charge in [-0.15, -0.1) is 0 Å². The van der Waals surface area contributed by atoms with Crippen molar-refractivity contribution in [1.29, 1.82) is 0 Å². The Balaban J connectivity index is 1.25. The van der Waals surface area contributed by atoms with Crippen LogP contribution in [0.15, 0.2) is 106 Å². The van der Waals surface area contributed by atoms with Crippen molar-refractivity contribution in [1.82, 2.24) is 0 Å². The Morgan fingerprint density at radius 2 is 1.16 bits per heavy atom. The summed E-state index contributed by atoms with van der Waals surface area (Å²) in [6.45, 7) is 0. The molecule has 0 saturated carbocycles. The third kappa shape index (κ3) is 6.41. The van der Waals surface area contributed by atoms with Gasteiger partial charge in [-0.25, -0.2) is 4.79 Å². The third-order valence-electron chi connectivity index (χ3n) is 6.43. The van der Waals surface area contributed by atoms with Crippen LogP contribution in [0.4, 0.5) is 0 Å². The molecule has 0 aliphatic rings. The highest BCUT2D eigenvalue weighted by atomic mass is 16.4. The van der Waals surface area contributed by atoms with Crippen LogP contribution < -0.4 is 0 Å². The summed E-state index contributed by atoms with van der Waals surface area (Å²) in [7, 11) is 0. The van der Waals surface area contributed by atoms with Gasteiger partial charge >= 0.3 is 5.97 Å². The number of carboxylic acids is 1. The molecule has 5 rings (SSSR count). The van der Waals surface area contributed by atoms with Crippen molar-refractivity contribution >= 4 is 36.0 Å². The van der Waals surface area contributed by atoms with E-state index in [1.54, 1.807) is 48.5 Å². The lowest BCUT2D eigenvalue weighted by Gasteiger charge is -2.02. The largest absolute Gasteiger partial charge is 0.507 e. The molecule has 0 fully saturated rings. The van der Waals surface area contributed by atoms with Gasteiger partial charge in [0.05, 0.1) is 5.56 Å². The number of carbonyl (C=O) groups excluding carboxylic acids is 3. The van der Waals surface area contributed by atoms with Crippen molar-refractivity contribution in [3.05, 3.63) is 131 Å². The number of hydrogen-bond donors (Lipinski definition) is 3. The van der Waals surface area contributed by atoms with Crippen molar-refractivity contribution in [3.63, 3.8) is 0 Å². The second-order valence-corrected chi connectivity index (χ2v) is 9.31. The summed E-state index contributed by atoms with van der Waals surface area (Å²) in [5, 5.41) is 28.6. The van der Waals surface area contributed by atoms with Crippen molar-refractivity contribution in [2.45, 2.75) is 0 Å². The molecule has 5 aromatic rings. The van der Waals surface area contributed by atoms with Gasteiger partial charge in [0.2, 0.25) is 0 Å². The van der Waals surface area contributed by atoms with Crippen LogP contribution in [0, 0.1) is 0 Å². The maximum Gasteiger partial charge on any atom is 0.339 e. The van der Waals surface area contributed by atoms with Gasteiger partial charge in [-0.05, 0) is 91.0 Å². The highest BCUT2D eigenvalue weighted by Gasteiger charge is 2.13. The van der Waals surface area contributed by atoms with Gasteiger partial charge in [0.1, 0.15) is 40.1 Å². The van der Waals surface area contributed by atoms with E-state index in [1.165, 1.54) is 60.7 Å². The van der Waals surface area contributed by atoms with E-state index in [2.05, 4.69) is 0 Å². The predicted octanol–water partition coefficient (Wildman–Crippen LogP) is 6.92. The minimum atomic E-state index is -1.27. The summed E-state index contributed by atoms with van der Waals surface area (Å²) in [6.07, 6.45) is 6.11. The molecule has 0 radical (unpaired) electrons. The van der Waals surface area contributed by atoms with Crippen LogP contribution in [0.3, 0.4) is 0 Å². The van der Waals surface area contributed by atoms with Gasteiger partial charge in [-0.1, -0.05) is 18.2 Å². The molecule has 0 amide bonds. The first-order valence-electron chi connectivity index (χ1n) is 12.8. The number of phenolic OH excluding ortho intramolecular Hbond substituents is 1. The van der Waals surface area contributed by atoms with E-state index in [9.17, 15) is 34.5 Å². The molecule has 2 aromatic heterocycles. The van der Waals surface area contributed by atoms with Crippen LogP contribution in [-0.2, 0) is 0 Å². The van der Waals surface area contributed by atoms with Gasteiger partial charge in [-0.3, -0.25) is 14.4 Å². The summed E-state index contributed by atoms with van der Waals surface area (Å²) in [6, 6.07) is 21.4. The molecule has 3 N–H and O–H groups in total. The molecule has 0 aliphatic heterocycles. The standard InChI is InChI=1S/C34H22O9/c35-19-24-17-22(4-10-30(24)38)32-14-8-25(42-32)6-12-28(36)20-2-1-3-21(16-20)29(37)13-7-26-9-15-33(43-26)23-5-11-31(39)27(18-23)34(40)41/h1-19,38-39H,(H,40,41)/b12-6+,13-7+. The second-order valence-electron chi connectivity index (χ2n) is 9.31. The van der Waals surface area contributed by atoms with Crippen molar-refractivity contribution in [2.75, 3.05) is 0 Å². The Hall–Kier alpha value is -6.22. The first-order chi connectivity index (χ1) is 20.7. The number of hydrogen-bond acceptors (Lipinski definition) is 8. The molecule has 0 atom stereocenters. The maximum absolute atomic E-state index is 12.8. The highest BCUT2D eigenvalue weighted by molar-refractivity contribution is 6.11. The number of carboxylic acid groups (broad SMARTS) is 1. The molecule has 0 aliphatic carbocycles. The number of allylic oxidation sites excluding steroid dienone is 2. The Bertz CT molecular complexity index is 1930. The van der Waals surface area contributed by atoms with Crippen LogP contribution in [0.2, 0.25) is 0 Å². The van der Waals surface area contributed by atoms with Crippen LogP contribution in [0.1, 0.15) is 53.0 Å². The van der Waals surface area contributed by atoms with Crippen LogP contribution in [-0.4, -0.2) is 39.1 Å². The fourth-order valence-corrected chi connectivity index (χ4v) is 4.19. The summed E-state index contributed by atoms with van der Waals surface area (Å²) in [4.78, 5) is 48.0. The van der Waals surface area contributed by atoms with Crippen LogP contribution in [0.25, 0.3) is 34.8 Å². The van der Waals surface area contributed by atoms with Gasteiger partial charge < -0.3 is 24.2 Å². The molecule has 212 valence electrons. The average Bonchev–Trinajstić information content (AvgIpc) is 3.69. The minimum Gasteiger partial charge on any atom is -0.507 e. The van der Waals surface area contributed by atoms with Crippen molar-refractivity contribution < 1.29 is 43.3 Å². The fourth-order valence-electron chi connectivity index (χ4n) is 4.19. The first kappa shape index (κ1) is 28.3.